The number of carbonyl (C=O) groups excluding carboxylic acids is 2. The van der Waals surface area contributed by atoms with Crippen LogP contribution in [0.3, 0.4) is 0 Å². The van der Waals surface area contributed by atoms with Gasteiger partial charge in [-0.05, 0) is 56.7 Å². The Kier molecular flexibility index (Phi) is 8.46. The van der Waals surface area contributed by atoms with Crippen LogP contribution in [0.5, 0.6) is 0 Å². The molecule has 7 nitrogen and oxygen atoms in total. The fourth-order valence-electron chi connectivity index (χ4n) is 3.21. The lowest BCUT2D eigenvalue weighted by Crippen LogP contribution is -2.29. The first-order valence-electron chi connectivity index (χ1n) is 10.4. The molecule has 2 amide bonds. The summed E-state index contributed by atoms with van der Waals surface area (Å²) < 4.78 is 2.85. The molecule has 3 rings (SSSR count). The lowest BCUT2D eigenvalue weighted by Gasteiger charge is -2.15. The van der Waals surface area contributed by atoms with Gasteiger partial charge in [0, 0.05) is 22.3 Å². The quantitative estimate of drug-likeness (QED) is 0.299. The molecule has 0 aliphatic carbocycles. The number of rotatable bonds is 9. The van der Waals surface area contributed by atoms with Gasteiger partial charge in [-0.1, -0.05) is 51.5 Å². The molecule has 0 bridgehead atoms. The number of aryl methyl sites for hydroxylation is 2. The first kappa shape index (κ1) is 24.7. The Balaban J connectivity index is 1.66. The van der Waals surface area contributed by atoms with E-state index in [0.717, 1.165) is 21.3 Å². The fourth-order valence-corrected chi connectivity index (χ4v) is 4.21. The van der Waals surface area contributed by atoms with Crippen molar-refractivity contribution in [2.45, 2.75) is 38.5 Å². The minimum absolute atomic E-state index is 0.141. The van der Waals surface area contributed by atoms with Gasteiger partial charge in [0.25, 0.3) is 5.91 Å². The maximum Gasteiger partial charge on any atom is 0.251 e. The number of anilines is 1. The minimum atomic E-state index is -0.376. The molecule has 172 valence electrons. The van der Waals surface area contributed by atoms with E-state index in [1.165, 1.54) is 11.8 Å². The van der Waals surface area contributed by atoms with Gasteiger partial charge in [-0.25, -0.2) is 0 Å². The Morgan fingerprint density at radius 1 is 1.21 bits per heavy atom. The predicted molar refractivity (Wildman–Crippen MR) is 136 cm³/mol. The molecule has 0 aliphatic heterocycles. The summed E-state index contributed by atoms with van der Waals surface area (Å²) in [6.07, 6.45) is 1.73. The Morgan fingerprint density at radius 2 is 2.00 bits per heavy atom. The Morgan fingerprint density at radius 3 is 2.70 bits per heavy atom. The lowest BCUT2D eigenvalue weighted by molar-refractivity contribution is -0.113. The van der Waals surface area contributed by atoms with Gasteiger partial charge in [-0.15, -0.1) is 16.8 Å². The number of amides is 2. The third-order valence-electron chi connectivity index (χ3n) is 4.85. The van der Waals surface area contributed by atoms with Gasteiger partial charge in [-0.2, -0.15) is 0 Å². The van der Waals surface area contributed by atoms with Gasteiger partial charge < -0.3 is 15.2 Å². The van der Waals surface area contributed by atoms with E-state index in [1.54, 1.807) is 12.1 Å². The monoisotopic (exact) mass is 527 g/mol. The van der Waals surface area contributed by atoms with Crippen LogP contribution in [0.1, 0.15) is 40.3 Å². The van der Waals surface area contributed by atoms with Crippen molar-refractivity contribution in [3.63, 3.8) is 0 Å². The second-order valence-corrected chi connectivity index (χ2v) is 9.40. The molecular formula is C24H26BrN5O2S. The zero-order valence-corrected chi connectivity index (χ0v) is 21.2. The standard InChI is InChI=1S/C24H26BrN5O2S/c1-5-11-30-22(17(4)26-23(32)18-8-6-7-15(2)12-18)28-29-24(30)33-14-21(31)27-19-9-10-20(25)16(3)13-19/h5-10,12-13,17H,1,11,14H2,2-4H3,(H,26,32)(H,27,31)/t17-/m0/s1. The molecule has 2 N–H and O–H groups in total. The summed E-state index contributed by atoms with van der Waals surface area (Å²) in [5, 5.41) is 15.0. The van der Waals surface area contributed by atoms with Gasteiger partial charge in [0.05, 0.1) is 11.8 Å². The number of halogens is 1. The topological polar surface area (TPSA) is 88.9 Å². The van der Waals surface area contributed by atoms with E-state index in [0.29, 0.717) is 23.1 Å². The van der Waals surface area contributed by atoms with Crippen LogP contribution in [-0.2, 0) is 11.3 Å². The molecule has 0 saturated carbocycles. The summed E-state index contributed by atoms with van der Waals surface area (Å²) in [4.78, 5) is 25.1. The van der Waals surface area contributed by atoms with E-state index in [4.69, 9.17) is 0 Å². The third-order valence-corrected chi connectivity index (χ3v) is 6.70. The minimum Gasteiger partial charge on any atom is -0.342 e. The predicted octanol–water partition coefficient (Wildman–Crippen LogP) is 5.07. The molecule has 3 aromatic rings. The second-order valence-electron chi connectivity index (χ2n) is 7.61. The molecule has 0 radical (unpaired) electrons. The van der Waals surface area contributed by atoms with Gasteiger partial charge >= 0.3 is 0 Å². The average molecular weight is 528 g/mol. The molecule has 0 spiro atoms. The number of nitrogens with one attached hydrogen (secondary N) is 2. The van der Waals surface area contributed by atoms with Gasteiger partial charge in [0.1, 0.15) is 0 Å². The average Bonchev–Trinajstić information content (AvgIpc) is 3.18. The van der Waals surface area contributed by atoms with Crippen molar-refractivity contribution in [1.82, 2.24) is 20.1 Å². The van der Waals surface area contributed by atoms with E-state index in [9.17, 15) is 9.59 Å². The number of nitrogens with zero attached hydrogens (tertiary/aromatic N) is 3. The normalized spacial score (nSPS) is 11.6. The Bertz CT molecular complexity index is 1180. The van der Waals surface area contributed by atoms with Crippen molar-refractivity contribution in [2.24, 2.45) is 0 Å². The van der Waals surface area contributed by atoms with Crippen molar-refractivity contribution < 1.29 is 9.59 Å². The summed E-state index contributed by atoms with van der Waals surface area (Å²) in [6.45, 7) is 10.0. The van der Waals surface area contributed by atoms with Crippen LogP contribution < -0.4 is 10.6 Å². The molecule has 0 saturated heterocycles. The summed E-state index contributed by atoms with van der Waals surface area (Å²) in [6, 6.07) is 12.7. The fraction of sp³-hybridized carbons (Fsp3) is 0.250. The molecule has 0 aliphatic rings. The zero-order chi connectivity index (χ0) is 24.0. The number of carbonyl (C=O) groups is 2. The van der Waals surface area contributed by atoms with E-state index in [2.05, 4.69) is 43.3 Å². The highest BCUT2D eigenvalue weighted by molar-refractivity contribution is 9.10. The summed E-state index contributed by atoms with van der Waals surface area (Å²) in [7, 11) is 0. The van der Waals surface area contributed by atoms with E-state index < -0.39 is 0 Å². The van der Waals surface area contributed by atoms with Crippen molar-refractivity contribution >= 4 is 45.2 Å². The zero-order valence-electron chi connectivity index (χ0n) is 18.8. The van der Waals surface area contributed by atoms with E-state index in [-0.39, 0.29) is 23.6 Å². The van der Waals surface area contributed by atoms with E-state index >= 15 is 0 Å². The lowest BCUT2D eigenvalue weighted by atomic mass is 10.1. The second kappa shape index (κ2) is 11.3. The number of hydrogen-bond acceptors (Lipinski definition) is 5. The highest BCUT2D eigenvalue weighted by atomic mass is 79.9. The van der Waals surface area contributed by atoms with Crippen LogP contribution in [0.15, 0.2) is 64.7 Å². The summed E-state index contributed by atoms with van der Waals surface area (Å²) >= 11 is 4.74. The van der Waals surface area contributed by atoms with Crippen LogP contribution in [0.4, 0.5) is 5.69 Å². The number of hydrogen-bond donors (Lipinski definition) is 2. The number of allylic oxidation sites excluding steroid dienone is 1. The van der Waals surface area contributed by atoms with Crippen LogP contribution in [0.25, 0.3) is 0 Å². The first-order chi connectivity index (χ1) is 15.8. The highest BCUT2D eigenvalue weighted by Crippen LogP contribution is 2.23. The van der Waals surface area contributed by atoms with E-state index in [1.807, 2.05) is 61.7 Å². The van der Waals surface area contributed by atoms with Gasteiger partial charge in [0.15, 0.2) is 11.0 Å². The summed E-state index contributed by atoms with van der Waals surface area (Å²) in [5.41, 5.74) is 3.38. The maximum atomic E-state index is 12.6. The molecule has 2 aromatic carbocycles. The van der Waals surface area contributed by atoms with Gasteiger partial charge in [-0.3, -0.25) is 9.59 Å². The molecule has 9 heteroatoms. The number of thioether (sulfide) groups is 1. The SMILES string of the molecule is C=CCn1c(SCC(=O)Nc2ccc(Br)c(C)c2)nnc1[C@H](C)NC(=O)c1cccc(C)c1. The van der Waals surface area contributed by atoms with Crippen LogP contribution in [0.2, 0.25) is 0 Å². The number of benzene rings is 2. The molecule has 1 aromatic heterocycles. The number of aromatic nitrogens is 3. The van der Waals surface area contributed by atoms with Crippen LogP contribution in [-0.4, -0.2) is 32.3 Å². The maximum absolute atomic E-state index is 12.6. The molecule has 33 heavy (non-hydrogen) atoms. The third kappa shape index (κ3) is 6.55. The van der Waals surface area contributed by atoms with Crippen molar-refractivity contribution in [3.05, 3.63) is 82.1 Å². The van der Waals surface area contributed by atoms with Crippen molar-refractivity contribution in [2.75, 3.05) is 11.1 Å². The van der Waals surface area contributed by atoms with Crippen LogP contribution >= 0.6 is 27.7 Å². The smallest absolute Gasteiger partial charge is 0.251 e. The summed E-state index contributed by atoms with van der Waals surface area (Å²) in [5.74, 6) is 0.450. The molecule has 0 unspecified atom stereocenters. The highest BCUT2D eigenvalue weighted by Gasteiger charge is 2.20. The first-order valence-corrected chi connectivity index (χ1v) is 12.2. The molecular weight excluding hydrogens is 502 g/mol. The molecule has 1 atom stereocenters. The molecule has 0 fully saturated rings. The van der Waals surface area contributed by atoms with Gasteiger partial charge in [0.2, 0.25) is 5.91 Å². The van der Waals surface area contributed by atoms with Crippen LogP contribution in [0, 0.1) is 13.8 Å². The largest absolute Gasteiger partial charge is 0.342 e. The van der Waals surface area contributed by atoms with Crippen molar-refractivity contribution in [1.29, 1.82) is 0 Å². The Labute approximate surface area is 206 Å². The van der Waals surface area contributed by atoms with Crippen molar-refractivity contribution in [3.8, 4) is 0 Å². The Hall–Kier alpha value is -2.91. The molecule has 1 heterocycles.